The Morgan fingerprint density at radius 2 is 2.00 bits per heavy atom. The maximum atomic E-state index is 12.5. The number of sulfonamides is 1. The van der Waals surface area contributed by atoms with Crippen LogP contribution in [-0.4, -0.2) is 20.6 Å². The highest BCUT2D eigenvalue weighted by Gasteiger charge is 2.21. The summed E-state index contributed by atoms with van der Waals surface area (Å²) in [6.07, 6.45) is 0. The molecule has 0 unspecified atom stereocenters. The first-order valence-corrected chi connectivity index (χ1v) is 8.55. The summed E-state index contributed by atoms with van der Waals surface area (Å²) in [6, 6.07) is 6.76. The summed E-state index contributed by atoms with van der Waals surface area (Å²) < 4.78 is 32.7. The van der Waals surface area contributed by atoms with Gasteiger partial charge in [-0.3, -0.25) is 4.72 Å². The van der Waals surface area contributed by atoms with Gasteiger partial charge < -0.3 is 9.84 Å². The van der Waals surface area contributed by atoms with Crippen molar-refractivity contribution in [3.05, 3.63) is 39.6 Å². The fourth-order valence-electron chi connectivity index (χ4n) is 1.97. The summed E-state index contributed by atoms with van der Waals surface area (Å²) in [7, 11) is -2.23. The molecule has 1 aromatic carbocycles. The largest absolute Gasteiger partial charge is 0.495 e. The molecule has 0 amide bonds. The molecule has 0 aliphatic rings. The molecule has 0 saturated carbocycles. The van der Waals surface area contributed by atoms with Crippen LogP contribution in [-0.2, 0) is 16.6 Å². The topological polar surface area (TPSA) is 75.6 Å². The predicted molar refractivity (Wildman–Crippen MR) is 83.5 cm³/mol. The van der Waals surface area contributed by atoms with E-state index in [0.717, 1.165) is 5.56 Å². The van der Waals surface area contributed by atoms with Crippen molar-refractivity contribution in [3.63, 3.8) is 0 Å². The molecular weight excluding hydrogens is 310 g/mol. The fourth-order valence-corrected chi connectivity index (χ4v) is 4.53. The van der Waals surface area contributed by atoms with Gasteiger partial charge in [-0.15, -0.1) is 11.3 Å². The van der Waals surface area contributed by atoms with Crippen molar-refractivity contribution >= 4 is 27.0 Å². The summed E-state index contributed by atoms with van der Waals surface area (Å²) in [5, 5.41) is 9.12. The molecule has 0 aliphatic carbocycles. The lowest BCUT2D eigenvalue weighted by Gasteiger charge is -2.12. The number of aryl methyl sites for hydroxylation is 2. The quantitative estimate of drug-likeness (QED) is 0.885. The van der Waals surface area contributed by atoms with Crippen LogP contribution in [0.2, 0.25) is 0 Å². The van der Waals surface area contributed by atoms with Gasteiger partial charge >= 0.3 is 0 Å². The van der Waals surface area contributed by atoms with Crippen molar-refractivity contribution in [1.29, 1.82) is 0 Å². The molecule has 0 bridgehead atoms. The maximum Gasteiger partial charge on any atom is 0.263 e. The third-order valence-electron chi connectivity index (χ3n) is 2.97. The molecule has 7 heteroatoms. The molecule has 21 heavy (non-hydrogen) atoms. The van der Waals surface area contributed by atoms with E-state index in [2.05, 4.69) is 4.72 Å². The molecule has 0 fully saturated rings. The lowest BCUT2D eigenvalue weighted by molar-refractivity contribution is 0.285. The van der Waals surface area contributed by atoms with Crippen molar-refractivity contribution in [2.45, 2.75) is 25.3 Å². The number of rotatable bonds is 5. The van der Waals surface area contributed by atoms with Gasteiger partial charge in [0.05, 0.1) is 19.4 Å². The van der Waals surface area contributed by atoms with Crippen LogP contribution in [0, 0.1) is 13.8 Å². The first kappa shape index (κ1) is 15.8. The van der Waals surface area contributed by atoms with Crippen LogP contribution in [0.5, 0.6) is 5.75 Å². The second kappa shape index (κ2) is 6.05. The Labute approximate surface area is 128 Å². The highest BCUT2D eigenvalue weighted by Crippen LogP contribution is 2.31. The van der Waals surface area contributed by atoms with Crippen LogP contribution in [0.25, 0.3) is 0 Å². The Morgan fingerprint density at radius 3 is 2.57 bits per heavy atom. The molecule has 1 aromatic heterocycles. The molecule has 2 N–H and O–H groups in total. The van der Waals surface area contributed by atoms with E-state index in [-0.39, 0.29) is 11.5 Å². The summed E-state index contributed by atoms with van der Waals surface area (Å²) in [4.78, 5) is 1.43. The lowest BCUT2D eigenvalue weighted by Crippen LogP contribution is -2.14. The van der Waals surface area contributed by atoms with Gasteiger partial charge in [-0.05, 0) is 37.6 Å². The second-order valence-electron chi connectivity index (χ2n) is 4.60. The summed E-state index contributed by atoms with van der Waals surface area (Å²) >= 11 is 1.26. The molecular formula is C14H17NO4S2. The van der Waals surface area contributed by atoms with Crippen molar-refractivity contribution in [2.24, 2.45) is 0 Å². The Bertz CT molecular complexity index is 750. The Kier molecular flexibility index (Phi) is 4.55. The van der Waals surface area contributed by atoms with Crippen LogP contribution in [0.4, 0.5) is 5.69 Å². The van der Waals surface area contributed by atoms with Crippen molar-refractivity contribution < 1.29 is 18.3 Å². The molecule has 114 valence electrons. The molecule has 0 atom stereocenters. The smallest absolute Gasteiger partial charge is 0.263 e. The number of anilines is 1. The Morgan fingerprint density at radius 1 is 1.29 bits per heavy atom. The number of hydrogen-bond acceptors (Lipinski definition) is 5. The van der Waals surface area contributed by atoms with E-state index in [4.69, 9.17) is 9.84 Å². The number of thiophene rings is 1. The number of aliphatic hydroxyl groups excluding tert-OH is 1. The van der Waals surface area contributed by atoms with Crippen LogP contribution >= 0.6 is 11.3 Å². The summed E-state index contributed by atoms with van der Waals surface area (Å²) in [5.41, 5.74) is 1.32. The van der Waals surface area contributed by atoms with Crippen molar-refractivity contribution in [2.75, 3.05) is 11.8 Å². The van der Waals surface area contributed by atoms with Crippen LogP contribution in [0.3, 0.4) is 0 Å². The zero-order valence-corrected chi connectivity index (χ0v) is 13.6. The molecule has 0 radical (unpaired) electrons. The third-order valence-corrected chi connectivity index (χ3v) is 5.62. The van der Waals surface area contributed by atoms with Crippen molar-refractivity contribution in [1.82, 2.24) is 0 Å². The Hall–Kier alpha value is -1.57. The normalized spacial score (nSPS) is 11.4. The minimum absolute atomic E-state index is 0.172. The predicted octanol–water partition coefficient (Wildman–Crippen LogP) is 2.67. The van der Waals surface area contributed by atoms with Gasteiger partial charge in [0.2, 0.25) is 0 Å². The lowest BCUT2D eigenvalue weighted by atomic mass is 10.2. The monoisotopic (exact) mass is 327 g/mol. The average molecular weight is 327 g/mol. The first-order valence-electron chi connectivity index (χ1n) is 6.25. The van der Waals surface area contributed by atoms with E-state index in [1.54, 1.807) is 19.1 Å². The highest BCUT2D eigenvalue weighted by molar-refractivity contribution is 7.93. The third kappa shape index (κ3) is 3.37. The zero-order chi connectivity index (χ0) is 15.6. The number of nitrogens with one attached hydrogen (secondary N) is 1. The van der Waals surface area contributed by atoms with Gasteiger partial charge in [-0.1, -0.05) is 6.07 Å². The summed E-state index contributed by atoms with van der Waals surface area (Å²) in [5.74, 6) is 0.458. The number of ether oxygens (including phenoxy) is 1. The van der Waals surface area contributed by atoms with E-state index in [1.807, 2.05) is 13.0 Å². The van der Waals surface area contributed by atoms with Gasteiger partial charge in [0.15, 0.2) is 0 Å². The SMILES string of the molecule is COc1ccc(C)cc1NS(=O)(=O)c1cc(CO)sc1C. The number of methoxy groups -OCH3 is 1. The standard InChI is InChI=1S/C14H17NO4S2/c1-9-4-5-13(19-3)12(6-9)15-21(17,18)14-7-11(8-16)20-10(14)2/h4-7,15-16H,8H2,1-3H3. The van der Waals surface area contributed by atoms with Crippen molar-refractivity contribution in [3.8, 4) is 5.75 Å². The van der Waals surface area contributed by atoms with E-state index in [9.17, 15) is 8.42 Å². The Balaban J connectivity index is 2.41. The number of hydrogen-bond donors (Lipinski definition) is 2. The average Bonchev–Trinajstić information content (AvgIpc) is 2.81. The second-order valence-corrected chi connectivity index (χ2v) is 7.59. The van der Waals surface area contributed by atoms with Gasteiger partial charge in [0, 0.05) is 9.75 Å². The van der Waals surface area contributed by atoms with E-state index in [0.29, 0.717) is 21.2 Å². The molecule has 0 saturated heterocycles. The maximum absolute atomic E-state index is 12.5. The number of aliphatic hydroxyl groups is 1. The molecule has 2 rings (SSSR count). The molecule has 2 aromatic rings. The molecule has 0 aliphatic heterocycles. The summed E-state index contributed by atoms with van der Waals surface area (Å²) in [6.45, 7) is 3.41. The first-order chi connectivity index (χ1) is 9.87. The van der Waals surface area contributed by atoms with Gasteiger partial charge in [-0.25, -0.2) is 8.42 Å². The van der Waals surface area contributed by atoms with Crippen LogP contribution < -0.4 is 9.46 Å². The highest BCUT2D eigenvalue weighted by atomic mass is 32.2. The molecule has 5 nitrogen and oxygen atoms in total. The van der Waals surface area contributed by atoms with E-state index >= 15 is 0 Å². The van der Waals surface area contributed by atoms with E-state index in [1.165, 1.54) is 24.5 Å². The van der Waals surface area contributed by atoms with Gasteiger partial charge in [0.1, 0.15) is 10.6 Å². The zero-order valence-electron chi connectivity index (χ0n) is 12.0. The fraction of sp³-hybridized carbons (Fsp3) is 0.286. The van der Waals surface area contributed by atoms with Gasteiger partial charge in [-0.2, -0.15) is 0 Å². The van der Waals surface area contributed by atoms with Gasteiger partial charge in [0.25, 0.3) is 10.0 Å². The minimum Gasteiger partial charge on any atom is -0.495 e. The van der Waals surface area contributed by atoms with Crippen LogP contribution in [0.15, 0.2) is 29.2 Å². The van der Waals surface area contributed by atoms with Crippen LogP contribution in [0.1, 0.15) is 15.3 Å². The molecule has 0 spiro atoms. The molecule has 1 heterocycles. The number of benzene rings is 1. The van der Waals surface area contributed by atoms with E-state index < -0.39 is 10.0 Å². The minimum atomic E-state index is -3.71.